The Kier molecular flexibility index (Phi) is 4.90. The molecule has 0 atom stereocenters. The Hall–Kier alpha value is -1.37. The summed E-state index contributed by atoms with van der Waals surface area (Å²) in [5.74, 6) is 0.935. The average Bonchev–Trinajstić information content (AvgIpc) is 2.55. The molecule has 2 N–H and O–H groups in total. The van der Waals surface area contributed by atoms with Crippen LogP contribution in [0.3, 0.4) is 0 Å². The van der Waals surface area contributed by atoms with Crippen LogP contribution in [-0.4, -0.2) is 80.4 Å². The third-order valence-corrected chi connectivity index (χ3v) is 4.32. The van der Waals surface area contributed by atoms with Gasteiger partial charge in [0.15, 0.2) is 5.82 Å². The van der Waals surface area contributed by atoms with Gasteiger partial charge in [0.1, 0.15) is 0 Å². The molecule has 0 amide bonds. The van der Waals surface area contributed by atoms with Crippen LogP contribution in [0.5, 0.6) is 0 Å². The second-order valence-electron chi connectivity index (χ2n) is 5.70. The van der Waals surface area contributed by atoms with Gasteiger partial charge in [-0.2, -0.15) is 0 Å². The summed E-state index contributed by atoms with van der Waals surface area (Å²) in [4.78, 5) is 11.7. The average molecular weight is 291 g/mol. The number of hydrogen-bond donors (Lipinski definition) is 1. The first-order chi connectivity index (χ1) is 10.3. The first-order valence-electron chi connectivity index (χ1n) is 7.81. The zero-order valence-electron chi connectivity index (χ0n) is 12.6. The lowest BCUT2D eigenvalue weighted by atomic mass is 10.2. The maximum Gasteiger partial charge on any atom is 0.151 e. The lowest BCUT2D eigenvalue weighted by molar-refractivity contribution is 0.0331. The fraction of sp³-hybridized carbons (Fsp3) is 0.667. The first-order valence-corrected chi connectivity index (χ1v) is 7.81. The highest BCUT2D eigenvalue weighted by Crippen LogP contribution is 2.20. The van der Waals surface area contributed by atoms with Crippen molar-refractivity contribution in [2.45, 2.75) is 0 Å². The van der Waals surface area contributed by atoms with E-state index in [1.165, 1.54) is 0 Å². The van der Waals surface area contributed by atoms with E-state index >= 15 is 0 Å². The van der Waals surface area contributed by atoms with Crippen LogP contribution in [0.25, 0.3) is 0 Å². The number of nitrogens with zero attached hydrogens (tertiary/aromatic N) is 4. The normalized spacial score (nSPS) is 21.6. The van der Waals surface area contributed by atoms with Crippen molar-refractivity contribution in [2.24, 2.45) is 0 Å². The Balaban J connectivity index is 1.43. The van der Waals surface area contributed by atoms with E-state index in [9.17, 15) is 0 Å². The molecule has 0 radical (unpaired) electrons. The Morgan fingerprint density at radius 2 is 1.67 bits per heavy atom. The van der Waals surface area contributed by atoms with Crippen molar-refractivity contribution in [3.8, 4) is 0 Å². The van der Waals surface area contributed by atoms with E-state index in [0.29, 0.717) is 0 Å². The first kappa shape index (κ1) is 14.6. The number of anilines is 2. The van der Waals surface area contributed by atoms with E-state index in [0.717, 1.165) is 77.1 Å². The van der Waals surface area contributed by atoms with Crippen molar-refractivity contribution in [2.75, 3.05) is 76.2 Å². The van der Waals surface area contributed by atoms with E-state index in [2.05, 4.69) is 19.7 Å². The molecule has 3 rings (SSSR count). The van der Waals surface area contributed by atoms with Gasteiger partial charge in [-0.05, 0) is 12.1 Å². The molecule has 6 heteroatoms. The number of rotatable bonds is 4. The number of morpholine rings is 1. The monoisotopic (exact) mass is 291 g/mol. The van der Waals surface area contributed by atoms with Crippen molar-refractivity contribution in [1.82, 2.24) is 14.8 Å². The molecular formula is C15H25N5O. The predicted octanol–water partition coefficient (Wildman–Crippen LogP) is 0.118. The molecule has 3 heterocycles. The van der Waals surface area contributed by atoms with Crippen LogP contribution >= 0.6 is 0 Å². The molecule has 2 saturated heterocycles. The highest BCUT2D eigenvalue weighted by atomic mass is 16.5. The molecule has 2 aliphatic heterocycles. The summed E-state index contributed by atoms with van der Waals surface area (Å²) in [6, 6.07) is 3.81. The molecule has 0 aliphatic carbocycles. The van der Waals surface area contributed by atoms with Crippen molar-refractivity contribution in [3.63, 3.8) is 0 Å². The van der Waals surface area contributed by atoms with Crippen LogP contribution in [0.4, 0.5) is 11.5 Å². The molecule has 0 bridgehead atoms. The van der Waals surface area contributed by atoms with Gasteiger partial charge in [0, 0.05) is 58.6 Å². The van der Waals surface area contributed by atoms with Crippen LogP contribution in [0.1, 0.15) is 0 Å². The van der Waals surface area contributed by atoms with Gasteiger partial charge in [-0.25, -0.2) is 4.98 Å². The Morgan fingerprint density at radius 1 is 1.00 bits per heavy atom. The Morgan fingerprint density at radius 3 is 2.33 bits per heavy atom. The number of ether oxygens (including phenoxy) is 1. The number of aromatic nitrogens is 1. The summed E-state index contributed by atoms with van der Waals surface area (Å²) in [6.45, 7) is 10.4. The van der Waals surface area contributed by atoms with Gasteiger partial charge in [-0.15, -0.1) is 0 Å². The van der Waals surface area contributed by atoms with Crippen LogP contribution in [0.15, 0.2) is 18.3 Å². The molecule has 0 saturated carbocycles. The highest BCUT2D eigenvalue weighted by molar-refractivity contribution is 5.62. The second-order valence-corrected chi connectivity index (χ2v) is 5.70. The van der Waals surface area contributed by atoms with Gasteiger partial charge in [0.25, 0.3) is 0 Å². The third kappa shape index (κ3) is 3.84. The minimum absolute atomic E-state index is 0.777. The molecule has 2 aliphatic rings. The standard InChI is InChI=1S/C15H25N5O/c16-14-2-1-3-17-15(14)20-8-6-18(7-9-20)4-5-19-10-12-21-13-11-19/h1-3H,4-13,16H2. The summed E-state index contributed by atoms with van der Waals surface area (Å²) in [5.41, 5.74) is 6.78. The Labute approximate surface area is 126 Å². The molecule has 0 unspecified atom stereocenters. The largest absolute Gasteiger partial charge is 0.396 e. The van der Waals surface area contributed by atoms with Gasteiger partial charge in [0.2, 0.25) is 0 Å². The zero-order chi connectivity index (χ0) is 14.5. The molecular weight excluding hydrogens is 266 g/mol. The zero-order valence-corrected chi connectivity index (χ0v) is 12.6. The molecule has 6 nitrogen and oxygen atoms in total. The van der Waals surface area contributed by atoms with Gasteiger partial charge < -0.3 is 15.4 Å². The lowest BCUT2D eigenvalue weighted by Gasteiger charge is -2.37. The number of nitrogen functional groups attached to an aromatic ring is 1. The fourth-order valence-corrected chi connectivity index (χ4v) is 2.96. The van der Waals surface area contributed by atoms with Crippen molar-refractivity contribution >= 4 is 11.5 Å². The maximum atomic E-state index is 6.01. The number of pyridine rings is 1. The van der Waals surface area contributed by atoms with Gasteiger partial charge >= 0.3 is 0 Å². The fourth-order valence-electron chi connectivity index (χ4n) is 2.96. The second kappa shape index (κ2) is 7.06. The molecule has 1 aromatic heterocycles. The van der Waals surface area contributed by atoms with E-state index in [4.69, 9.17) is 10.5 Å². The van der Waals surface area contributed by atoms with Crippen LogP contribution in [0, 0.1) is 0 Å². The molecule has 2 fully saturated rings. The summed E-state index contributed by atoms with van der Waals surface area (Å²) < 4.78 is 5.39. The van der Waals surface area contributed by atoms with E-state index in [-0.39, 0.29) is 0 Å². The highest BCUT2D eigenvalue weighted by Gasteiger charge is 2.20. The SMILES string of the molecule is Nc1cccnc1N1CCN(CCN2CCOCC2)CC1. The van der Waals surface area contributed by atoms with Crippen LogP contribution < -0.4 is 10.6 Å². The summed E-state index contributed by atoms with van der Waals surface area (Å²) in [7, 11) is 0. The van der Waals surface area contributed by atoms with Gasteiger partial charge in [-0.3, -0.25) is 9.80 Å². The lowest BCUT2D eigenvalue weighted by Crippen LogP contribution is -2.49. The van der Waals surface area contributed by atoms with Crippen molar-refractivity contribution in [1.29, 1.82) is 0 Å². The summed E-state index contributed by atoms with van der Waals surface area (Å²) >= 11 is 0. The van der Waals surface area contributed by atoms with E-state index < -0.39 is 0 Å². The summed E-state index contributed by atoms with van der Waals surface area (Å²) in [6.07, 6.45) is 1.82. The quantitative estimate of drug-likeness (QED) is 0.850. The summed E-state index contributed by atoms with van der Waals surface area (Å²) in [5, 5.41) is 0. The minimum atomic E-state index is 0.777. The van der Waals surface area contributed by atoms with E-state index in [1.807, 2.05) is 18.3 Å². The maximum absolute atomic E-state index is 6.01. The van der Waals surface area contributed by atoms with Crippen LogP contribution in [-0.2, 0) is 4.74 Å². The topological polar surface area (TPSA) is 57.9 Å². The van der Waals surface area contributed by atoms with E-state index in [1.54, 1.807) is 0 Å². The predicted molar refractivity (Wildman–Crippen MR) is 84.6 cm³/mol. The number of nitrogens with two attached hydrogens (primary N) is 1. The molecule has 0 aromatic carbocycles. The van der Waals surface area contributed by atoms with Gasteiger partial charge in [-0.1, -0.05) is 0 Å². The smallest absolute Gasteiger partial charge is 0.151 e. The van der Waals surface area contributed by atoms with Crippen molar-refractivity contribution in [3.05, 3.63) is 18.3 Å². The molecule has 0 spiro atoms. The molecule has 1 aromatic rings. The van der Waals surface area contributed by atoms with Gasteiger partial charge in [0.05, 0.1) is 18.9 Å². The van der Waals surface area contributed by atoms with Crippen molar-refractivity contribution < 1.29 is 4.74 Å². The number of hydrogen-bond acceptors (Lipinski definition) is 6. The number of piperazine rings is 1. The molecule has 21 heavy (non-hydrogen) atoms. The third-order valence-electron chi connectivity index (χ3n) is 4.32. The minimum Gasteiger partial charge on any atom is -0.396 e. The molecule has 116 valence electrons. The Bertz CT molecular complexity index is 441. The van der Waals surface area contributed by atoms with Crippen LogP contribution in [0.2, 0.25) is 0 Å².